The average molecular weight is 411 g/mol. The third kappa shape index (κ3) is 6.90. The highest BCUT2D eigenvalue weighted by Crippen LogP contribution is 2.18. The summed E-state index contributed by atoms with van der Waals surface area (Å²) in [5.41, 5.74) is 4.31. The number of rotatable bonds is 10. The highest BCUT2D eigenvalue weighted by molar-refractivity contribution is 5.88. The summed E-state index contributed by atoms with van der Waals surface area (Å²) in [6, 6.07) is 13.4. The van der Waals surface area contributed by atoms with E-state index in [4.69, 9.17) is 4.74 Å². The first kappa shape index (κ1) is 23.5. The summed E-state index contributed by atoms with van der Waals surface area (Å²) in [5, 5.41) is 2.93. The first-order chi connectivity index (χ1) is 14.3. The van der Waals surface area contributed by atoms with Crippen LogP contribution in [-0.2, 0) is 16.1 Å². The van der Waals surface area contributed by atoms with Crippen LogP contribution in [0.1, 0.15) is 48.9 Å². The van der Waals surface area contributed by atoms with Crippen LogP contribution in [0.5, 0.6) is 5.75 Å². The quantitative estimate of drug-likeness (QED) is 0.634. The second-order valence-electron chi connectivity index (χ2n) is 7.83. The van der Waals surface area contributed by atoms with Crippen molar-refractivity contribution in [2.45, 2.75) is 60.0 Å². The number of hydrogen-bond donors (Lipinski definition) is 1. The largest absolute Gasteiger partial charge is 0.484 e. The van der Waals surface area contributed by atoms with Gasteiger partial charge in [0.2, 0.25) is 5.91 Å². The molecule has 1 N–H and O–H groups in total. The Hall–Kier alpha value is -2.82. The van der Waals surface area contributed by atoms with Crippen LogP contribution in [0.25, 0.3) is 0 Å². The Balaban J connectivity index is 2.20. The number of nitrogens with zero attached hydrogens (tertiary/aromatic N) is 1. The van der Waals surface area contributed by atoms with Gasteiger partial charge in [0, 0.05) is 13.1 Å². The van der Waals surface area contributed by atoms with Crippen LogP contribution >= 0.6 is 0 Å². The minimum atomic E-state index is -0.534. The summed E-state index contributed by atoms with van der Waals surface area (Å²) in [6.07, 6.45) is 1.39. The van der Waals surface area contributed by atoms with Crippen molar-refractivity contribution in [3.05, 3.63) is 64.7 Å². The first-order valence-electron chi connectivity index (χ1n) is 10.7. The van der Waals surface area contributed by atoms with Crippen LogP contribution in [0.4, 0.5) is 0 Å². The van der Waals surface area contributed by atoms with E-state index >= 15 is 0 Å². The lowest BCUT2D eigenvalue weighted by molar-refractivity contribution is -0.143. The van der Waals surface area contributed by atoms with Crippen LogP contribution in [-0.4, -0.2) is 35.9 Å². The Kier molecular flexibility index (Phi) is 8.90. The minimum Gasteiger partial charge on any atom is -0.484 e. The molecule has 0 spiro atoms. The molecule has 162 valence electrons. The van der Waals surface area contributed by atoms with E-state index in [9.17, 15) is 9.59 Å². The van der Waals surface area contributed by atoms with Crippen LogP contribution in [0, 0.1) is 20.8 Å². The molecule has 1 unspecified atom stereocenters. The summed E-state index contributed by atoms with van der Waals surface area (Å²) >= 11 is 0. The third-order valence-electron chi connectivity index (χ3n) is 4.97. The van der Waals surface area contributed by atoms with Gasteiger partial charge in [-0.1, -0.05) is 49.7 Å². The Morgan fingerprint density at radius 2 is 1.60 bits per heavy atom. The van der Waals surface area contributed by atoms with Gasteiger partial charge in [-0.25, -0.2) is 0 Å². The second kappa shape index (κ2) is 11.4. The van der Waals surface area contributed by atoms with E-state index in [1.807, 2.05) is 71.0 Å². The summed E-state index contributed by atoms with van der Waals surface area (Å²) in [7, 11) is 0. The van der Waals surface area contributed by atoms with E-state index in [-0.39, 0.29) is 18.4 Å². The third-order valence-corrected chi connectivity index (χ3v) is 4.97. The highest BCUT2D eigenvalue weighted by Gasteiger charge is 2.28. The number of carbonyl (C=O) groups is 2. The first-order valence-corrected chi connectivity index (χ1v) is 10.7. The Labute approximate surface area is 180 Å². The van der Waals surface area contributed by atoms with Gasteiger partial charge in [0.15, 0.2) is 6.61 Å². The predicted molar refractivity (Wildman–Crippen MR) is 121 cm³/mol. The molecule has 0 aromatic heterocycles. The van der Waals surface area contributed by atoms with Crippen LogP contribution in [0.3, 0.4) is 0 Å². The summed E-state index contributed by atoms with van der Waals surface area (Å²) in [5.74, 6) is 0.346. The number of ether oxygens (including phenoxy) is 1. The lowest BCUT2D eigenvalue weighted by Gasteiger charge is -2.30. The fraction of sp³-hybridized carbons (Fsp3) is 0.440. The van der Waals surface area contributed by atoms with Crippen molar-refractivity contribution in [3.63, 3.8) is 0 Å². The van der Waals surface area contributed by atoms with Gasteiger partial charge in [-0.15, -0.1) is 0 Å². The average Bonchev–Trinajstić information content (AvgIpc) is 2.71. The molecule has 0 aliphatic carbocycles. The smallest absolute Gasteiger partial charge is 0.261 e. The molecule has 1 atom stereocenters. The molecule has 5 heteroatoms. The lowest BCUT2D eigenvalue weighted by Crippen LogP contribution is -2.50. The normalized spacial score (nSPS) is 11.6. The van der Waals surface area contributed by atoms with E-state index < -0.39 is 6.04 Å². The maximum atomic E-state index is 13.2. The van der Waals surface area contributed by atoms with Crippen molar-refractivity contribution in [2.24, 2.45) is 0 Å². The molecule has 0 fully saturated rings. The lowest BCUT2D eigenvalue weighted by atomic mass is 10.1. The van der Waals surface area contributed by atoms with Crippen molar-refractivity contribution in [1.29, 1.82) is 0 Å². The molecule has 30 heavy (non-hydrogen) atoms. The molecule has 0 saturated carbocycles. The molecule has 5 nitrogen and oxygen atoms in total. The van der Waals surface area contributed by atoms with Crippen LogP contribution < -0.4 is 10.1 Å². The molecule has 2 amide bonds. The SMILES string of the molecule is CCCNC(=O)C(CC)N(Cc1ccc(C)cc1)C(=O)COc1cc(C)cc(C)c1. The van der Waals surface area contributed by atoms with E-state index in [1.54, 1.807) is 4.90 Å². The number of nitrogens with one attached hydrogen (secondary N) is 1. The van der Waals surface area contributed by atoms with Crippen molar-refractivity contribution in [1.82, 2.24) is 10.2 Å². The molecule has 0 aliphatic rings. The Bertz CT molecular complexity index is 826. The Morgan fingerprint density at radius 3 is 2.17 bits per heavy atom. The molecule has 0 radical (unpaired) electrons. The number of aryl methyl sites for hydroxylation is 3. The van der Waals surface area contributed by atoms with Gasteiger partial charge in [0.25, 0.3) is 5.91 Å². The number of benzene rings is 2. The van der Waals surface area contributed by atoms with Gasteiger partial charge < -0.3 is 15.0 Å². The number of hydrogen-bond acceptors (Lipinski definition) is 3. The van der Waals surface area contributed by atoms with Crippen LogP contribution in [0.15, 0.2) is 42.5 Å². The minimum absolute atomic E-state index is 0.105. The van der Waals surface area contributed by atoms with Crippen molar-refractivity contribution in [2.75, 3.05) is 13.2 Å². The van der Waals surface area contributed by atoms with Gasteiger partial charge in [-0.3, -0.25) is 9.59 Å². The van der Waals surface area contributed by atoms with Gasteiger partial charge in [0.05, 0.1) is 0 Å². The molecule has 2 aromatic rings. The summed E-state index contributed by atoms with van der Waals surface area (Å²) in [4.78, 5) is 27.5. The van der Waals surface area contributed by atoms with Crippen molar-refractivity contribution in [3.8, 4) is 5.75 Å². The van der Waals surface area contributed by atoms with Crippen LogP contribution in [0.2, 0.25) is 0 Å². The van der Waals surface area contributed by atoms with Gasteiger partial charge in [-0.05, 0) is 62.4 Å². The number of amides is 2. The fourth-order valence-corrected chi connectivity index (χ4v) is 3.42. The summed E-state index contributed by atoms with van der Waals surface area (Å²) < 4.78 is 5.80. The zero-order valence-corrected chi connectivity index (χ0v) is 18.8. The van der Waals surface area contributed by atoms with E-state index in [0.29, 0.717) is 25.3 Å². The zero-order chi connectivity index (χ0) is 22.1. The van der Waals surface area contributed by atoms with E-state index in [0.717, 1.165) is 28.7 Å². The van der Waals surface area contributed by atoms with Gasteiger partial charge in [0.1, 0.15) is 11.8 Å². The van der Waals surface area contributed by atoms with E-state index in [2.05, 4.69) is 11.4 Å². The van der Waals surface area contributed by atoms with Crippen molar-refractivity contribution >= 4 is 11.8 Å². The molecule has 0 heterocycles. The molecule has 0 aliphatic heterocycles. The molecule has 2 aromatic carbocycles. The zero-order valence-electron chi connectivity index (χ0n) is 18.8. The maximum Gasteiger partial charge on any atom is 0.261 e. The standard InChI is InChI=1S/C25H34N2O3/c1-6-12-26-25(29)23(7-2)27(16-21-10-8-18(3)9-11-21)24(28)17-30-22-14-19(4)13-20(5)15-22/h8-11,13-15,23H,6-7,12,16-17H2,1-5H3,(H,26,29). The predicted octanol–water partition coefficient (Wildman–Crippen LogP) is 4.32. The van der Waals surface area contributed by atoms with Crippen molar-refractivity contribution < 1.29 is 14.3 Å². The van der Waals surface area contributed by atoms with Gasteiger partial charge >= 0.3 is 0 Å². The Morgan fingerprint density at radius 1 is 0.967 bits per heavy atom. The maximum absolute atomic E-state index is 13.2. The molecule has 0 bridgehead atoms. The number of carbonyl (C=O) groups excluding carboxylic acids is 2. The molecule has 0 saturated heterocycles. The second-order valence-corrected chi connectivity index (χ2v) is 7.83. The molecular weight excluding hydrogens is 376 g/mol. The topological polar surface area (TPSA) is 58.6 Å². The van der Waals surface area contributed by atoms with E-state index in [1.165, 1.54) is 0 Å². The van der Waals surface area contributed by atoms with Gasteiger partial charge in [-0.2, -0.15) is 0 Å². The highest BCUT2D eigenvalue weighted by atomic mass is 16.5. The molecule has 2 rings (SSSR count). The fourth-order valence-electron chi connectivity index (χ4n) is 3.42. The molecular formula is C25H34N2O3. The summed E-state index contributed by atoms with van der Waals surface area (Å²) in [6.45, 7) is 10.8. The monoisotopic (exact) mass is 410 g/mol.